The molecule has 0 saturated carbocycles. The van der Waals surface area contributed by atoms with E-state index in [1.807, 2.05) is 30.3 Å². The van der Waals surface area contributed by atoms with E-state index in [0.29, 0.717) is 18.5 Å². The van der Waals surface area contributed by atoms with Gasteiger partial charge in [-0.05, 0) is 36.6 Å². The molecule has 0 aliphatic heterocycles. The number of nitrogens with one attached hydrogen (secondary N) is 1. The molecule has 1 amide bonds. The average Bonchev–Trinajstić information content (AvgIpc) is 2.59. The van der Waals surface area contributed by atoms with Crippen LogP contribution in [0.15, 0.2) is 54.6 Å². The predicted octanol–water partition coefficient (Wildman–Crippen LogP) is 2.73. The lowest BCUT2D eigenvalue weighted by molar-refractivity contribution is -0.116. The topological polar surface area (TPSA) is 66.5 Å². The molecule has 1 N–H and O–H groups in total. The van der Waals surface area contributed by atoms with Gasteiger partial charge in [0, 0.05) is 25.7 Å². The van der Waals surface area contributed by atoms with Gasteiger partial charge in [-0.1, -0.05) is 36.4 Å². The molecule has 0 radical (unpaired) electrons. The smallest absolute Gasteiger partial charge is 0.223 e. The maximum atomic E-state index is 13.3. The van der Waals surface area contributed by atoms with Crippen LogP contribution in [0.4, 0.5) is 10.1 Å². The molecule has 0 unspecified atom stereocenters. The predicted molar refractivity (Wildman–Crippen MR) is 101 cm³/mol. The van der Waals surface area contributed by atoms with Gasteiger partial charge in [0.15, 0.2) is 0 Å². The zero-order chi connectivity index (χ0) is 19.0. The van der Waals surface area contributed by atoms with Gasteiger partial charge in [0.05, 0.1) is 5.75 Å². The van der Waals surface area contributed by atoms with E-state index in [1.54, 1.807) is 6.07 Å². The summed E-state index contributed by atoms with van der Waals surface area (Å²) in [5.41, 5.74) is 1.50. The summed E-state index contributed by atoms with van der Waals surface area (Å²) < 4.78 is 40.0. The normalized spacial score (nSPS) is 11.3. The van der Waals surface area contributed by atoms with Crippen molar-refractivity contribution in [2.24, 2.45) is 0 Å². The molecule has 2 aromatic rings. The Bertz CT molecular complexity index is 826. The van der Waals surface area contributed by atoms with Crippen LogP contribution in [0.25, 0.3) is 0 Å². The fraction of sp³-hybridized carbons (Fsp3) is 0.316. The Balaban J connectivity index is 1.83. The summed E-state index contributed by atoms with van der Waals surface area (Å²) >= 11 is 0. The number of halogens is 1. The molecular weight excluding hydrogens is 355 g/mol. The lowest BCUT2D eigenvalue weighted by Gasteiger charge is -2.21. The van der Waals surface area contributed by atoms with E-state index in [4.69, 9.17) is 0 Å². The molecule has 0 heterocycles. The minimum absolute atomic E-state index is 0.0158. The Kier molecular flexibility index (Phi) is 7.29. The van der Waals surface area contributed by atoms with Crippen LogP contribution in [0.1, 0.15) is 18.9 Å². The van der Waals surface area contributed by atoms with Crippen molar-refractivity contribution in [3.63, 3.8) is 0 Å². The monoisotopic (exact) mass is 378 g/mol. The first-order valence-electron chi connectivity index (χ1n) is 8.42. The standard InChI is InChI=1S/C19H23FN2O3S/c1-16(23)22(19-11-5-10-18(20)15-19)13-12-21-26(24,25)14-6-9-17-7-3-2-4-8-17/h2-5,7-8,10-11,15,21H,6,9,12-14H2,1H3. The van der Waals surface area contributed by atoms with Gasteiger partial charge >= 0.3 is 0 Å². The third-order valence-electron chi connectivity index (χ3n) is 3.88. The van der Waals surface area contributed by atoms with E-state index in [0.717, 1.165) is 5.56 Å². The molecule has 2 aromatic carbocycles. The van der Waals surface area contributed by atoms with Gasteiger partial charge in [0.2, 0.25) is 15.9 Å². The summed E-state index contributed by atoms with van der Waals surface area (Å²) in [5, 5.41) is 0. The van der Waals surface area contributed by atoms with Crippen LogP contribution >= 0.6 is 0 Å². The van der Waals surface area contributed by atoms with Crippen LogP contribution < -0.4 is 9.62 Å². The van der Waals surface area contributed by atoms with Crippen LogP contribution in [0, 0.1) is 5.82 Å². The number of amides is 1. The number of benzene rings is 2. The molecule has 26 heavy (non-hydrogen) atoms. The molecule has 0 spiro atoms. The van der Waals surface area contributed by atoms with Gasteiger partial charge in [0.1, 0.15) is 5.82 Å². The minimum atomic E-state index is -3.43. The fourth-order valence-electron chi connectivity index (χ4n) is 2.61. The van der Waals surface area contributed by atoms with Crippen molar-refractivity contribution < 1.29 is 17.6 Å². The van der Waals surface area contributed by atoms with Crippen LogP contribution in [0.2, 0.25) is 0 Å². The average molecular weight is 378 g/mol. The maximum Gasteiger partial charge on any atom is 0.223 e. The molecule has 140 valence electrons. The van der Waals surface area contributed by atoms with Crippen molar-refractivity contribution in [2.45, 2.75) is 19.8 Å². The number of carbonyl (C=O) groups is 1. The summed E-state index contributed by atoms with van der Waals surface area (Å²) in [4.78, 5) is 13.1. The highest BCUT2D eigenvalue weighted by atomic mass is 32.2. The Labute approximate surface area is 153 Å². The lowest BCUT2D eigenvalue weighted by Crippen LogP contribution is -2.38. The van der Waals surface area contributed by atoms with Crippen molar-refractivity contribution in [3.8, 4) is 0 Å². The quantitative estimate of drug-likeness (QED) is 0.730. The third-order valence-corrected chi connectivity index (χ3v) is 5.35. The van der Waals surface area contributed by atoms with Crippen molar-refractivity contribution in [1.82, 2.24) is 4.72 Å². The van der Waals surface area contributed by atoms with Gasteiger partial charge in [-0.3, -0.25) is 4.79 Å². The molecule has 0 atom stereocenters. The minimum Gasteiger partial charge on any atom is -0.311 e. The molecule has 0 aromatic heterocycles. The molecule has 5 nitrogen and oxygen atoms in total. The van der Waals surface area contributed by atoms with Gasteiger partial charge in [-0.2, -0.15) is 0 Å². The first-order valence-corrected chi connectivity index (χ1v) is 10.1. The first-order chi connectivity index (χ1) is 12.4. The van der Waals surface area contributed by atoms with E-state index in [1.165, 1.54) is 30.0 Å². The number of nitrogens with zero attached hydrogens (tertiary/aromatic N) is 1. The van der Waals surface area contributed by atoms with Crippen molar-refractivity contribution in [3.05, 3.63) is 66.0 Å². The highest BCUT2D eigenvalue weighted by Crippen LogP contribution is 2.15. The Morgan fingerprint density at radius 1 is 1.12 bits per heavy atom. The molecule has 0 fully saturated rings. The van der Waals surface area contributed by atoms with Crippen molar-refractivity contribution in [1.29, 1.82) is 0 Å². The molecule has 0 aliphatic carbocycles. The zero-order valence-electron chi connectivity index (χ0n) is 14.7. The maximum absolute atomic E-state index is 13.3. The number of carbonyl (C=O) groups excluding carboxylic acids is 1. The Morgan fingerprint density at radius 3 is 2.50 bits per heavy atom. The van der Waals surface area contributed by atoms with E-state index in [-0.39, 0.29) is 24.7 Å². The zero-order valence-corrected chi connectivity index (χ0v) is 15.5. The highest BCUT2D eigenvalue weighted by molar-refractivity contribution is 7.89. The number of sulfonamides is 1. The summed E-state index contributed by atoms with van der Waals surface area (Å²) in [6.07, 6.45) is 1.20. The lowest BCUT2D eigenvalue weighted by atomic mass is 10.1. The summed E-state index contributed by atoms with van der Waals surface area (Å²) in [6.45, 7) is 1.57. The van der Waals surface area contributed by atoms with Crippen molar-refractivity contribution in [2.75, 3.05) is 23.7 Å². The van der Waals surface area contributed by atoms with Crippen LogP contribution in [-0.2, 0) is 21.2 Å². The highest BCUT2D eigenvalue weighted by Gasteiger charge is 2.14. The number of rotatable bonds is 9. The number of hydrogen-bond donors (Lipinski definition) is 1. The first kappa shape index (κ1) is 20.1. The largest absolute Gasteiger partial charge is 0.311 e. The number of hydrogen-bond acceptors (Lipinski definition) is 3. The molecule has 2 rings (SSSR count). The second-order valence-corrected chi connectivity index (χ2v) is 7.88. The van der Waals surface area contributed by atoms with Gasteiger partial charge in [-0.15, -0.1) is 0 Å². The summed E-state index contributed by atoms with van der Waals surface area (Å²) in [7, 11) is -3.43. The fourth-order valence-corrected chi connectivity index (χ4v) is 3.68. The molecular formula is C19H23FN2O3S. The van der Waals surface area contributed by atoms with Gasteiger partial charge < -0.3 is 4.90 Å². The van der Waals surface area contributed by atoms with E-state index >= 15 is 0 Å². The van der Waals surface area contributed by atoms with E-state index in [2.05, 4.69) is 4.72 Å². The number of aryl methyl sites for hydroxylation is 1. The van der Waals surface area contributed by atoms with E-state index in [9.17, 15) is 17.6 Å². The molecule has 0 saturated heterocycles. The van der Waals surface area contributed by atoms with Gasteiger partial charge in [-0.25, -0.2) is 17.5 Å². The van der Waals surface area contributed by atoms with Gasteiger partial charge in [0.25, 0.3) is 0 Å². The van der Waals surface area contributed by atoms with Crippen LogP contribution in [-0.4, -0.2) is 33.2 Å². The summed E-state index contributed by atoms with van der Waals surface area (Å²) in [6, 6.07) is 15.3. The van der Waals surface area contributed by atoms with Crippen LogP contribution in [0.5, 0.6) is 0 Å². The molecule has 7 heteroatoms. The molecule has 0 aliphatic rings. The van der Waals surface area contributed by atoms with Crippen LogP contribution in [0.3, 0.4) is 0 Å². The number of anilines is 1. The van der Waals surface area contributed by atoms with Crippen molar-refractivity contribution >= 4 is 21.6 Å². The Morgan fingerprint density at radius 2 is 1.85 bits per heavy atom. The SMILES string of the molecule is CC(=O)N(CCNS(=O)(=O)CCCc1ccccc1)c1cccc(F)c1. The Hall–Kier alpha value is -2.25. The second kappa shape index (κ2) is 9.45. The van der Waals surface area contributed by atoms with E-state index < -0.39 is 15.8 Å². The third kappa shape index (κ3) is 6.57. The molecule has 0 bridgehead atoms. The second-order valence-electron chi connectivity index (χ2n) is 5.95. The summed E-state index contributed by atoms with van der Waals surface area (Å²) in [5.74, 6) is -0.712.